The van der Waals surface area contributed by atoms with Gasteiger partial charge >= 0.3 is 0 Å². The Kier molecular flexibility index (Phi) is 5.10. The van der Waals surface area contributed by atoms with E-state index in [1.54, 1.807) is 5.57 Å². The van der Waals surface area contributed by atoms with Crippen molar-refractivity contribution in [3.05, 3.63) is 11.6 Å². The van der Waals surface area contributed by atoms with Crippen molar-refractivity contribution in [1.29, 1.82) is 0 Å². The van der Waals surface area contributed by atoms with E-state index >= 15 is 0 Å². The summed E-state index contributed by atoms with van der Waals surface area (Å²) < 4.78 is 0. The molecule has 5 rings (SSSR count). The molecule has 0 spiro atoms. The maximum atomic E-state index is 10.3. The van der Waals surface area contributed by atoms with Crippen molar-refractivity contribution in [1.82, 2.24) is 0 Å². The van der Waals surface area contributed by atoms with Crippen LogP contribution in [0.25, 0.3) is 0 Å². The average Bonchev–Trinajstić information content (AvgIpc) is 3.20. The molecule has 10 unspecified atom stereocenters. The molecule has 0 bridgehead atoms. The number of hydrogen-bond acceptors (Lipinski definition) is 1. The van der Waals surface area contributed by atoms with Crippen LogP contribution in [0.3, 0.4) is 0 Å². The summed E-state index contributed by atoms with van der Waals surface area (Å²) in [5.41, 5.74) is 3.23. The van der Waals surface area contributed by atoms with Crippen LogP contribution < -0.4 is 0 Å². The zero-order valence-corrected chi connectivity index (χ0v) is 20.7. The molecule has 1 nitrogen and oxygen atoms in total. The quantitative estimate of drug-likeness (QED) is 0.470. The molecule has 0 aliphatic heterocycles. The molecule has 1 heteroatoms. The number of rotatable bonds is 4. The largest absolute Gasteiger partial charge is 0.393 e. The second-order valence-electron chi connectivity index (χ2n) is 13.7. The Morgan fingerprint density at radius 3 is 2.47 bits per heavy atom. The fourth-order valence-corrected chi connectivity index (χ4v) is 9.76. The fraction of sp³-hybridized carbons (Fsp3) is 0.931. The molecule has 10 atom stereocenters. The molecule has 5 aliphatic carbocycles. The molecule has 170 valence electrons. The minimum Gasteiger partial charge on any atom is -0.393 e. The number of aliphatic hydroxyl groups is 1. The Morgan fingerprint density at radius 1 is 1.00 bits per heavy atom. The summed E-state index contributed by atoms with van der Waals surface area (Å²) in [6.07, 6.45) is 15.9. The second-order valence-corrected chi connectivity index (χ2v) is 13.7. The third kappa shape index (κ3) is 3.03. The van der Waals surface area contributed by atoms with E-state index in [1.165, 1.54) is 51.4 Å². The first-order chi connectivity index (χ1) is 14.1. The zero-order chi connectivity index (χ0) is 21.5. The van der Waals surface area contributed by atoms with Gasteiger partial charge in [-0.1, -0.05) is 53.2 Å². The SMILES string of the molecule is CC(CC1CC1(C)C(C)C)C1CCC2C3CC=C4CC(O)CCC4(C)C3CCC12C. The number of allylic oxidation sites excluding steroid dienone is 1. The Morgan fingerprint density at radius 2 is 1.77 bits per heavy atom. The van der Waals surface area contributed by atoms with E-state index in [4.69, 9.17) is 0 Å². The van der Waals surface area contributed by atoms with Gasteiger partial charge < -0.3 is 5.11 Å². The average molecular weight is 413 g/mol. The van der Waals surface area contributed by atoms with Gasteiger partial charge in [-0.15, -0.1) is 0 Å². The molecular weight excluding hydrogens is 364 g/mol. The lowest BCUT2D eigenvalue weighted by atomic mass is 9.47. The van der Waals surface area contributed by atoms with Crippen LogP contribution in [0, 0.1) is 57.7 Å². The molecule has 4 saturated carbocycles. The number of fused-ring (bicyclic) bond motifs is 5. The maximum Gasteiger partial charge on any atom is 0.0577 e. The van der Waals surface area contributed by atoms with Gasteiger partial charge in [0.2, 0.25) is 0 Å². The van der Waals surface area contributed by atoms with E-state index in [0.29, 0.717) is 16.2 Å². The normalized spacial score (nSPS) is 53.5. The van der Waals surface area contributed by atoms with E-state index in [-0.39, 0.29) is 6.10 Å². The molecule has 0 aromatic heterocycles. The van der Waals surface area contributed by atoms with E-state index in [2.05, 4.69) is 47.6 Å². The Labute approximate surface area is 186 Å². The summed E-state index contributed by atoms with van der Waals surface area (Å²) in [4.78, 5) is 0. The standard InChI is InChI=1S/C29H48O/c1-18(2)29(6)17-21(29)15-19(3)24-9-10-25-23-8-7-20-16-22(30)11-13-27(20,4)26(23)12-14-28(24,25)5/h7,18-19,21-26,30H,8-17H2,1-6H3. The van der Waals surface area contributed by atoms with Gasteiger partial charge in [0.15, 0.2) is 0 Å². The van der Waals surface area contributed by atoms with Crippen LogP contribution in [0.15, 0.2) is 11.6 Å². The van der Waals surface area contributed by atoms with E-state index in [9.17, 15) is 5.11 Å². The molecule has 0 saturated heterocycles. The summed E-state index contributed by atoms with van der Waals surface area (Å²) in [6.45, 7) is 15.3. The second kappa shape index (κ2) is 7.10. The van der Waals surface area contributed by atoms with Crippen molar-refractivity contribution in [2.24, 2.45) is 57.7 Å². The molecule has 0 aromatic carbocycles. The van der Waals surface area contributed by atoms with Gasteiger partial charge in [-0.05, 0) is 122 Å². The third-order valence-electron chi connectivity index (χ3n) is 12.3. The predicted octanol–water partition coefficient (Wildman–Crippen LogP) is 7.63. The van der Waals surface area contributed by atoms with Crippen molar-refractivity contribution in [2.45, 2.75) is 112 Å². The molecule has 30 heavy (non-hydrogen) atoms. The monoisotopic (exact) mass is 412 g/mol. The lowest BCUT2D eigenvalue weighted by Crippen LogP contribution is -2.50. The molecule has 0 heterocycles. The minimum atomic E-state index is -0.0783. The highest BCUT2D eigenvalue weighted by atomic mass is 16.3. The van der Waals surface area contributed by atoms with Gasteiger partial charge in [-0.25, -0.2) is 0 Å². The number of aliphatic hydroxyl groups excluding tert-OH is 1. The lowest BCUT2D eigenvalue weighted by Gasteiger charge is -2.58. The summed E-state index contributed by atoms with van der Waals surface area (Å²) in [6, 6.07) is 0. The highest BCUT2D eigenvalue weighted by Crippen LogP contribution is 2.68. The van der Waals surface area contributed by atoms with Gasteiger partial charge in [-0.3, -0.25) is 0 Å². The van der Waals surface area contributed by atoms with E-state index < -0.39 is 0 Å². The van der Waals surface area contributed by atoms with Crippen LogP contribution >= 0.6 is 0 Å². The molecule has 1 N–H and O–H groups in total. The third-order valence-corrected chi connectivity index (χ3v) is 12.3. The molecule has 0 amide bonds. The molecular formula is C29H48O. The van der Waals surface area contributed by atoms with Gasteiger partial charge in [0.1, 0.15) is 0 Å². The molecule has 4 fully saturated rings. The Hall–Kier alpha value is -0.300. The maximum absolute atomic E-state index is 10.3. The topological polar surface area (TPSA) is 20.2 Å². The van der Waals surface area contributed by atoms with Crippen LogP contribution in [0.5, 0.6) is 0 Å². The van der Waals surface area contributed by atoms with Gasteiger partial charge in [0.05, 0.1) is 6.10 Å². The summed E-state index contributed by atoms with van der Waals surface area (Å²) in [5, 5.41) is 10.3. The molecule has 5 aliphatic rings. The first-order valence-corrected chi connectivity index (χ1v) is 13.5. The highest BCUT2D eigenvalue weighted by molar-refractivity contribution is 5.25. The fourth-order valence-electron chi connectivity index (χ4n) is 9.76. The van der Waals surface area contributed by atoms with Crippen molar-refractivity contribution in [3.63, 3.8) is 0 Å². The Balaban J connectivity index is 1.32. The first-order valence-electron chi connectivity index (χ1n) is 13.5. The van der Waals surface area contributed by atoms with Crippen LogP contribution in [0.2, 0.25) is 0 Å². The van der Waals surface area contributed by atoms with Crippen molar-refractivity contribution in [3.8, 4) is 0 Å². The van der Waals surface area contributed by atoms with Gasteiger partial charge in [0, 0.05) is 0 Å². The van der Waals surface area contributed by atoms with Crippen molar-refractivity contribution in [2.75, 3.05) is 0 Å². The van der Waals surface area contributed by atoms with E-state index in [1.807, 2.05) is 0 Å². The van der Waals surface area contributed by atoms with Gasteiger partial charge in [-0.2, -0.15) is 0 Å². The van der Waals surface area contributed by atoms with Crippen LogP contribution in [0.4, 0.5) is 0 Å². The summed E-state index contributed by atoms with van der Waals surface area (Å²) in [5.74, 6) is 6.41. The van der Waals surface area contributed by atoms with E-state index in [0.717, 1.165) is 54.3 Å². The highest BCUT2D eigenvalue weighted by Gasteiger charge is 2.60. The smallest absolute Gasteiger partial charge is 0.0577 e. The zero-order valence-electron chi connectivity index (χ0n) is 20.7. The van der Waals surface area contributed by atoms with Gasteiger partial charge in [0.25, 0.3) is 0 Å². The lowest BCUT2D eigenvalue weighted by molar-refractivity contribution is -0.0576. The molecule has 0 aromatic rings. The summed E-state index contributed by atoms with van der Waals surface area (Å²) >= 11 is 0. The minimum absolute atomic E-state index is 0.0783. The molecule has 0 radical (unpaired) electrons. The number of hydrogen-bond donors (Lipinski definition) is 1. The van der Waals surface area contributed by atoms with Crippen molar-refractivity contribution >= 4 is 0 Å². The van der Waals surface area contributed by atoms with Crippen molar-refractivity contribution < 1.29 is 5.11 Å². The first kappa shape index (κ1) is 21.5. The summed E-state index contributed by atoms with van der Waals surface area (Å²) in [7, 11) is 0. The predicted molar refractivity (Wildman–Crippen MR) is 126 cm³/mol. The van der Waals surface area contributed by atoms with Crippen LogP contribution in [-0.2, 0) is 0 Å². The van der Waals surface area contributed by atoms with Crippen LogP contribution in [-0.4, -0.2) is 11.2 Å². The van der Waals surface area contributed by atoms with Crippen LogP contribution in [0.1, 0.15) is 106 Å². The Bertz CT molecular complexity index is 707.